The van der Waals surface area contributed by atoms with Crippen molar-refractivity contribution in [2.24, 2.45) is 0 Å². The molecular formula is C10H14N2O6. The predicted molar refractivity (Wildman–Crippen MR) is 59.1 cm³/mol. The van der Waals surface area contributed by atoms with Crippen LogP contribution >= 0.6 is 0 Å². The summed E-state index contributed by atoms with van der Waals surface area (Å²) < 4.78 is 5.82. The fourth-order valence-electron chi connectivity index (χ4n) is 1.92. The highest BCUT2D eigenvalue weighted by Gasteiger charge is 2.50. The lowest BCUT2D eigenvalue weighted by Crippen LogP contribution is -2.52. The largest absolute Gasteiger partial charge is 0.394 e. The van der Waals surface area contributed by atoms with Gasteiger partial charge >= 0.3 is 5.69 Å². The van der Waals surface area contributed by atoms with Crippen LogP contribution in [-0.2, 0) is 10.5 Å². The fraction of sp³-hybridized carbons (Fsp3) is 0.600. The Morgan fingerprint density at radius 1 is 1.61 bits per heavy atom. The summed E-state index contributed by atoms with van der Waals surface area (Å²) in [6, 6.07) is 0. The molecule has 3 atom stereocenters. The van der Waals surface area contributed by atoms with E-state index < -0.39 is 35.8 Å². The maximum absolute atomic E-state index is 11.6. The van der Waals surface area contributed by atoms with Crippen LogP contribution in [0.4, 0.5) is 0 Å². The molecule has 0 unspecified atom stereocenters. The molecule has 0 saturated carbocycles. The van der Waals surface area contributed by atoms with E-state index in [1.54, 1.807) is 0 Å². The molecule has 2 heterocycles. The van der Waals surface area contributed by atoms with Crippen molar-refractivity contribution in [3.63, 3.8) is 0 Å². The van der Waals surface area contributed by atoms with Gasteiger partial charge in [0.2, 0.25) is 0 Å². The standard InChI is InChI=1S/C10H14N2O6/c1-5-2-12(9(16)11-8(5)15)10(17)4-18-6(3-13)7(10)14/h2,6-7,13-14,17H,3-4H2,1H3,(H,11,15,16)/t6-,7-,10-/m1/s1. The Morgan fingerprint density at radius 3 is 2.83 bits per heavy atom. The minimum atomic E-state index is -2.00. The Morgan fingerprint density at radius 2 is 2.28 bits per heavy atom. The predicted octanol–water partition coefficient (Wildman–Crippen LogP) is -2.76. The van der Waals surface area contributed by atoms with E-state index in [1.807, 2.05) is 4.98 Å². The van der Waals surface area contributed by atoms with Gasteiger partial charge in [0.15, 0.2) is 5.72 Å². The summed E-state index contributed by atoms with van der Waals surface area (Å²) in [6.07, 6.45) is -1.30. The van der Waals surface area contributed by atoms with E-state index in [9.17, 15) is 19.8 Å². The Labute approximate surface area is 101 Å². The lowest BCUT2D eigenvalue weighted by Gasteiger charge is -2.27. The zero-order chi connectivity index (χ0) is 13.5. The number of H-pyrrole nitrogens is 1. The maximum Gasteiger partial charge on any atom is 0.330 e. The topological polar surface area (TPSA) is 125 Å². The minimum Gasteiger partial charge on any atom is -0.394 e. The molecule has 2 rings (SSSR count). The molecule has 18 heavy (non-hydrogen) atoms. The van der Waals surface area contributed by atoms with Gasteiger partial charge in [-0.3, -0.25) is 14.3 Å². The molecule has 1 aromatic heterocycles. The number of hydrogen-bond acceptors (Lipinski definition) is 6. The van der Waals surface area contributed by atoms with Crippen LogP contribution in [0.3, 0.4) is 0 Å². The monoisotopic (exact) mass is 258 g/mol. The molecule has 100 valence electrons. The third-order valence-corrected chi connectivity index (χ3v) is 3.05. The van der Waals surface area contributed by atoms with Gasteiger partial charge in [-0.1, -0.05) is 0 Å². The van der Waals surface area contributed by atoms with Gasteiger partial charge in [-0.15, -0.1) is 0 Å². The van der Waals surface area contributed by atoms with Gasteiger partial charge in [0.1, 0.15) is 12.2 Å². The van der Waals surface area contributed by atoms with Gasteiger partial charge in [-0.2, -0.15) is 0 Å². The molecule has 0 amide bonds. The second-order valence-electron chi connectivity index (χ2n) is 4.30. The summed E-state index contributed by atoms with van der Waals surface area (Å²) in [5.74, 6) is 0. The third-order valence-electron chi connectivity index (χ3n) is 3.05. The van der Waals surface area contributed by atoms with Gasteiger partial charge in [-0.05, 0) is 6.92 Å². The number of aliphatic hydroxyl groups excluding tert-OH is 2. The van der Waals surface area contributed by atoms with E-state index in [1.165, 1.54) is 6.92 Å². The van der Waals surface area contributed by atoms with Crippen LogP contribution in [0.1, 0.15) is 5.56 Å². The van der Waals surface area contributed by atoms with E-state index in [-0.39, 0.29) is 12.2 Å². The van der Waals surface area contributed by atoms with E-state index >= 15 is 0 Å². The van der Waals surface area contributed by atoms with E-state index in [0.717, 1.165) is 10.8 Å². The van der Waals surface area contributed by atoms with Crippen LogP contribution in [-0.4, -0.2) is 50.3 Å². The first kappa shape index (κ1) is 13.0. The summed E-state index contributed by atoms with van der Waals surface area (Å²) in [4.78, 5) is 24.9. The molecule has 1 aliphatic rings. The quantitative estimate of drug-likeness (QED) is 0.455. The minimum absolute atomic E-state index is 0.211. The molecule has 1 aliphatic heterocycles. The van der Waals surface area contributed by atoms with Gasteiger partial charge in [-0.25, -0.2) is 4.79 Å². The number of hydrogen-bond donors (Lipinski definition) is 4. The van der Waals surface area contributed by atoms with Crippen LogP contribution in [0.15, 0.2) is 15.8 Å². The van der Waals surface area contributed by atoms with Crippen molar-refractivity contribution in [1.29, 1.82) is 0 Å². The van der Waals surface area contributed by atoms with Crippen LogP contribution in [0.5, 0.6) is 0 Å². The number of ether oxygens (including phenoxy) is 1. The van der Waals surface area contributed by atoms with Crippen molar-refractivity contribution < 1.29 is 20.1 Å². The zero-order valence-corrected chi connectivity index (χ0v) is 9.66. The smallest absolute Gasteiger partial charge is 0.330 e. The molecule has 1 saturated heterocycles. The van der Waals surface area contributed by atoms with Crippen LogP contribution in [0.25, 0.3) is 0 Å². The van der Waals surface area contributed by atoms with Crippen molar-refractivity contribution in [1.82, 2.24) is 9.55 Å². The summed E-state index contributed by atoms with van der Waals surface area (Å²) in [5, 5.41) is 29.1. The molecule has 0 aromatic carbocycles. The highest BCUT2D eigenvalue weighted by molar-refractivity contribution is 5.05. The van der Waals surface area contributed by atoms with Crippen molar-refractivity contribution >= 4 is 0 Å². The molecule has 8 nitrogen and oxygen atoms in total. The van der Waals surface area contributed by atoms with E-state index in [0.29, 0.717) is 0 Å². The first-order valence-electron chi connectivity index (χ1n) is 5.36. The summed E-state index contributed by atoms with van der Waals surface area (Å²) >= 11 is 0. The summed E-state index contributed by atoms with van der Waals surface area (Å²) in [7, 11) is 0. The normalized spacial score (nSPS) is 31.8. The average molecular weight is 258 g/mol. The number of aromatic nitrogens is 2. The number of nitrogens with zero attached hydrogens (tertiary/aromatic N) is 1. The summed E-state index contributed by atoms with van der Waals surface area (Å²) in [5.41, 5.74) is -3.21. The molecule has 1 aromatic rings. The number of aryl methyl sites for hydroxylation is 1. The lowest BCUT2D eigenvalue weighted by molar-refractivity contribution is -0.115. The van der Waals surface area contributed by atoms with Gasteiger partial charge in [0.25, 0.3) is 5.56 Å². The molecule has 0 spiro atoms. The van der Waals surface area contributed by atoms with Gasteiger partial charge < -0.3 is 20.1 Å². The lowest BCUT2D eigenvalue weighted by atomic mass is 10.1. The van der Waals surface area contributed by atoms with Crippen molar-refractivity contribution in [2.75, 3.05) is 13.2 Å². The molecule has 8 heteroatoms. The average Bonchev–Trinajstić information content (AvgIpc) is 2.61. The first-order valence-corrected chi connectivity index (χ1v) is 5.36. The van der Waals surface area contributed by atoms with E-state index in [2.05, 4.69) is 0 Å². The zero-order valence-electron chi connectivity index (χ0n) is 9.66. The van der Waals surface area contributed by atoms with E-state index in [4.69, 9.17) is 9.84 Å². The van der Waals surface area contributed by atoms with Gasteiger partial charge in [0, 0.05) is 11.8 Å². The maximum atomic E-state index is 11.6. The highest BCUT2D eigenvalue weighted by Crippen LogP contribution is 2.27. The number of aliphatic hydroxyl groups is 3. The third kappa shape index (κ3) is 1.79. The fourth-order valence-corrected chi connectivity index (χ4v) is 1.92. The Balaban J connectivity index is 2.52. The second-order valence-corrected chi connectivity index (χ2v) is 4.30. The Kier molecular flexibility index (Phi) is 3.11. The second kappa shape index (κ2) is 4.32. The molecule has 4 N–H and O–H groups in total. The summed E-state index contributed by atoms with van der Waals surface area (Å²) in [6.45, 7) is 0.620. The van der Waals surface area contributed by atoms with Crippen molar-refractivity contribution in [3.05, 3.63) is 32.6 Å². The molecule has 0 bridgehead atoms. The van der Waals surface area contributed by atoms with Crippen molar-refractivity contribution in [3.8, 4) is 0 Å². The number of aromatic amines is 1. The highest BCUT2D eigenvalue weighted by atomic mass is 16.5. The number of nitrogens with one attached hydrogen (secondary N) is 1. The van der Waals surface area contributed by atoms with Crippen LogP contribution < -0.4 is 11.2 Å². The molecule has 0 radical (unpaired) electrons. The van der Waals surface area contributed by atoms with Crippen LogP contribution in [0, 0.1) is 6.92 Å². The van der Waals surface area contributed by atoms with Gasteiger partial charge in [0.05, 0.1) is 13.2 Å². The SMILES string of the molecule is Cc1cn([C@@]2(O)CO[C@H](CO)[C@H]2O)c(=O)[nH]c1=O. The Bertz CT molecular complexity index is 564. The first-order chi connectivity index (χ1) is 8.40. The number of rotatable bonds is 2. The van der Waals surface area contributed by atoms with Crippen LogP contribution in [0.2, 0.25) is 0 Å². The molecular weight excluding hydrogens is 244 g/mol. The molecule has 0 aliphatic carbocycles. The Hall–Kier alpha value is -1.48. The van der Waals surface area contributed by atoms with Crippen molar-refractivity contribution in [2.45, 2.75) is 24.9 Å². The molecule has 1 fully saturated rings.